The minimum absolute atomic E-state index is 0.745. The van der Waals surface area contributed by atoms with Gasteiger partial charge in [-0.15, -0.1) is 0 Å². The van der Waals surface area contributed by atoms with Crippen LogP contribution in [0, 0.1) is 55.4 Å². The van der Waals surface area contributed by atoms with Gasteiger partial charge in [-0.3, -0.25) is 0 Å². The van der Waals surface area contributed by atoms with Crippen LogP contribution >= 0.6 is 0 Å². The molecule has 0 amide bonds. The Morgan fingerprint density at radius 1 is 0.246 bits per heavy atom. The van der Waals surface area contributed by atoms with Gasteiger partial charge in [-0.05, 0) is 223 Å². The second kappa shape index (κ2) is 19.9. The lowest BCUT2D eigenvalue weighted by Gasteiger charge is -2.29. The van der Waals surface area contributed by atoms with Crippen LogP contribution in [0.25, 0.3) is 0 Å². The Morgan fingerprint density at radius 3 is 0.696 bits per heavy atom. The summed E-state index contributed by atoms with van der Waals surface area (Å²) >= 11 is 0. The number of aryl methyl sites for hydroxylation is 8. The molecule has 0 N–H and O–H groups in total. The van der Waals surface area contributed by atoms with Crippen molar-refractivity contribution in [2.75, 3.05) is 21.8 Å². The number of hydrogen-bond acceptors (Lipinski definition) is 6. The molecule has 0 atom stereocenters. The molecular formula is C63H59N3O3. The number of benzene rings is 9. The molecule has 9 rings (SSSR count). The SMILES string of the molecule is COc1ccc(N(c2ccc(Oc3ccc(N(c4ccc(Oc5ccc(N(c6ccc(C)cc6C)c6ccc(C)cc6C)cc5)cc4)c4ccc(C)cc4C)cc3)cc2)c2ccc(C)cc2C)cc1. The fourth-order valence-corrected chi connectivity index (χ4v) is 9.14. The Hall–Kier alpha value is -8.22. The maximum Gasteiger partial charge on any atom is 0.127 e. The summed E-state index contributed by atoms with van der Waals surface area (Å²) in [7, 11) is 1.69. The summed E-state index contributed by atoms with van der Waals surface area (Å²) < 4.78 is 18.4. The van der Waals surface area contributed by atoms with Crippen LogP contribution in [0.2, 0.25) is 0 Å². The normalized spacial score (nSPS) is 11.0. The molecule has 0 aliphatic heterocycles. The van der Waals surface area contributed by atoms with Crippen molar-refractivity contribution in [1.82, 2.24) is 0 Å². The largest absolute Gasteiger partial charge is 0.497 e. The van der Waals surface area contributed by atoms with Crippen LogP contribution in [0.5, 0.6) is 28.7 Å². The summed E-state index contributed by atoms with van der Waals surface area (Å²) in [4.78, 5) is 6.88. The third kappa shape index (κ3) is 10.2. The van der Waals surface area contributed by atoms with Crippen LogP contribution in [0.3, 0.4) is 0 Å². The van der Waals surface area contributed by atoms with Crippen LogP contribution < -0.4 is 28.9 Å². The maximum absolute atomic E-state index is 6.48. The molecule has 9 aromatic carbocycles. The van der Waals surface area contributed by atoms with Gasteiger partial charge in [-0.2, -0.15) is 0 Å². The molecule has 344 valence electrons. The van der Waals surface area contributed by atoms with E-state index in [0.29, 0.717) is 0 Å². The van der Waals surface area contributed by atoms with Crippen molar-refractivity contribution in [3.63, 3.8) is 0 Å². The predicted octanol–water partition coefficient (Wildman–Crippen LogP) is 18.2. The van der Waals surface area contributed by atoms with Gasteiger partial charge in [0, 0.05) is 51.2 Å². The minimum Gasteiger partial charge on any atom is -0.497 e. The molecule has 0 saturated carbocycles. The van der Waals surface area contributed by atoms with E-state index >= 15 is 0 Å². The summed E-state index contributed by atoms with van der Waals surface area (Å²) in [5.41, 5.74) is 19.4. The quantitative estimate of drug-likeness (QED) is 0.108. The number of ether oxygens (including phenoxy) is 3. The van der Waals surface area contributed by atoms with Crippen molar-refractivity contribution in [3.8, 4) is 28.7 Å². The molecule has 0 heterocycles. The van der Waals surface area contributed by atoms with E-state index in [9.17, 15) is 0 Å². The van der Waals surface area contributed by atoms with E-state index in [1.165, 1.54) is 44.5 Å². The molecule has 0 aromatic heterocycles. The first-order valence-corrected chi connectivity index (χ1v) is 23.5. The summed E-state index contributed by atoms with van der Waals surface area (Å²) in [6.07, 6.45) is 0. The van der Waals surface area contributed by atoms with E-state index in [2.05, 4.69) is 204 Å². The molecule has 9 aromatic rings. The highest BCUT2D eigenvalue weighted by Gasteiger charge is 2.20. The topological polar surface area (TPSA) is 37.4 Å². The molecule has 6 nitrogen and oxygen atoms in total. The molecule has 69 heavy (non-hydrogen) atoms. The minimum atomic E-state index is 0.745. The number of anilines is 9. The van der Waals surface area contributed by atoms with Crippen LogP contribution in [-0.4, -0.2) is 7.11 Å². The van der Waals surface area contributed by atoms with Crippen molar-refractivity contribution < 1.29 is 14.2 Å². The zero-order chi connectivity index (χ0) is 48.2. The van der Waals surface area contributed by atoms with Gasteiger partial charge in [-0.1, -0.05) is 70.8 Å². The zero-order valence-corrected chi connectivity index (χ0v) is 41.0. The Balaban J connectivity index is 0.942. The van der Waals surface area contributed by atoms with Crippen LogP contribution in [0.15, 0.2) is 194 Å². The first-order valence-electron chi connectivity index (χ1n) is 23.5. The van der Waals surface area contributed by atoms with Crippen molar-refractivity contribution in [1.29, 1.82) is 0 Å². The summed E-state index contributed by atoms with van der Waals surface area (Å²) in [6.45, 7) is 17.2. The number of nitrogens with zero attached hydrogens (tertiary/aromatic N) is 3. The van der Waals surface area contributed by atoms with Gasteiger partial charge in [0.25, 0.3) is 0 Å². The molecule has 0 spiro atoms. The van der Waals surface area contributed by atoms with E-state index in [0.717, 1.165) is 79.9 Å². The van der Waals surface area contributed by atoms with E-state index in [1.807, 2.05) is 60.7 Å². The maximum atomic E-state index is 6.48. The first kappa shape index (κ1) is 45.9. The van der Waals surface area contributed by atoms with Gasteiger partial charge in [0.1, 0.15) is 28.7 Å². The molecule has 0 fully saturated rings. The highest BCUT2D eigenvalue weighted by Crippen LogP contribution is 2.43. The van der Waals surface area contributed by atoms with Crippen molar-refractivity contribution >= 4 is 51.2 Å². The van der Waals surface area contributed by atoms with E-state index < -0.39 is 0 Å². The Morgan fingerprint density at radius 2 is 0.464 bits per heavy atom. The zero-order valence-electron chi connectivity index (χ0n) is 41.0. The second-order valence-electron chi connectivity index (χ2n) is 18.0. The van der Waals surface area contributed by atoms with Crippen LogP contribution in [-0.2, 0) is 0 Å². The average Bonchev–Trinajstić information content (AvgIpc) is 3.34. The second-order valence-corrected chi connectivity index (χ2v) is 18.0. The van der Waals surface area contributed by atoms with E-state index in [4.69, 9.17) is 14.2 Å². The summed E-state index contributed by atoms with van der Waals surface area (Å²) in [5.74, 6) is 3.83. The lowest BCUT2D eigenvalue weighted by atomic mass is 10.0. The fraction of sp³-hybridized carbons (Fsp3) is 0.143. The summed E-state index contributed by atoms with van der Waals surface area (Å²) in [5, 5.41) is 0. The average molecular weight is 906 g/mol. The molecule has 0 unspecified atom stereocenters. The predicted molar refractivity (Wildman–Crippen MR) is 288 cm³/mol. The van der Waals surface area contributed by atoms with Crippen LogP contribution in [0.4, 0.5) is 51.2 Å². The first-order chi connectivity index (χ1) is 33.4. The monoisotopic (exact) mass is 905 g/mol. The summed E-state index contributed by atoms with van der Waals surface area (Å²) in [6, 6.07) is 67.8. The van der Waals surface area contributed by atoms with Gasteiger partial charge in [0.2, 0.25) is 0 Å². The molecule has 0 saturated heterocycles. The third-order valence-electron chi connectivity index (χ3n) is 12.6. The number of rotatable bonds is 14. The Kier molecular flexibility index (Phi) is 13.3. The smallest absolute Gasteiger partial charge is 0.127 e. The van der Waals surface area contributed by atoms with Crippen molar-refractivity contribution in [2.45, 2.75) is 55.4 Å². The highest BCUT2D eigenvalue weighted by molar-refractivity contribution is 5.82. The molecule has 0 bridgehead atoms. The van der Waals surface area contributed by atoms with E-state index in [1.54, 1.807) is 7.11 Å². The lowest BCUT2D eigenvalue weighted by molar-refractivity contribution is 0.415. The molecule has 0 radical (unpaired) electrons. The van der Waals surface area contributed by atoms with Crippen LogP contribution in [0.1, 0.15) is 44.5 Å². The van der Waals surface area contributed by atoms with Gasteiger partial charge in [0.15, 0.2) is 0 Å². The van der Waals surface area contributed by atoms with Gasteiger partial charge in [0.05, 0.1) is 7.11 Å². The van der Waals surface area contributed by atoms with E-state index in [-0.39, 0.29) is 0 Å². The van der Waals surface area contributed by atoms with Gasteiger partial charge >= 0.3 is 0 Å². The number of methoxy groups -OCH3 is 1. The Labute approximate surface area is 408 Å². The highest BCUT2D eigenvalue weighted by atomic mass is 16.5. The van der Waals surface area contributed by atoms with Crippen molar-refractivity contribution in [3.05, 3.63) is 239 Å². The Bertz CT molecular complexity index is 3160. The van der Waals surface area contributed by atoms with Crippen molar-refractivity contribution in [2.24, 2.45) is 0 Å². The molecule has 6 heteroatoms. The standard InChI is InChI=1S/C63H59N3O3/c1-42-10-34-60(46(5)38-42)64(50-14-24-55(67-9)25-15-50)51-16-26-56(27-17-51)68-57-28-18-52(19-29-57)65(61-35-11-43(2)39-47(61)6)53-20-30-58(31-21-53)69-59-32-22-54(23-33-59)66(62-36-12-44(3)40-48(62)7)63-37-13-45(4)41-49(63)8/h10-41H,1-9H3. The number of hydrogen-bond donors (Lipinski definition) is 0. The third-order valence-corrected chi connectivity index (χ3v) is 12.6. The molecule has 0 aliphatic rings. The fourth-order valence-electron chi connectivity index (χ4n) is 9.14. The van der Waals surface area contributed by atoms with Gasteiger partial charge in [-0.25, -0.2) is 0 Å². The molecule has 0 aliphatic carbocycles. The van der Waals surface area contributed by atoms with Gasteiger partial charge < -0.3 is 28.9 Å². The molecular weight excluding hydrogens is 847 g/mol. The lowest BCUT2D eigenvalue weighted by Crippen LogP contribution is -2.13.